The zero-order chi connectivity index (χ0) is 14.8. The van der Waals surface area contributed by atoms with Crippen LogP contribution in [0.15, 0.2) is 17.8 Å². The minimum absolute atomic E-state index is 0.0598. The molecular weight excluding hydrogens is 284 g/mol. The molecule has 3 heterocycles. The number of aryl methyl sites for hydroxylation is 2. The Bertz CT molecular complexity index is 655. The van der Waals surface area contributed by atoms with Crippen LogP contribution in [0, 0.1) is 13.8 Å². The van der Waals surface area contributed by atoms with E-state index in [1.54, 1.807) is 23.7 Å². The third-order valence-electron chi connectivity index (χ3n) is 3.69. The standard InChI is InChI=1S/C15H18N4OS/c1-10-7-16-8-13(17-10)14-4-3-5-19(14)15(20)6-12-9-21-11(2)18-12/h7-9,14H,3-6H2,1-2H3. The topological polar surface area (TPSA) is 59.0 Å². The lowest BCUT2D eigenvalue weighted by molar-refractivity contribution is -0.131. The van der Waals surface area contributed by atoms with Crippen LogP contribution < -0.4 is 0 Å². The second-order valence-corrected chi connectivity index (χ2v) is 6.43. The van der Waals surface area contributed by atoms with Crippen molar-refractivity contribution in [2.45, 2.75) is 39.2 Å². The van der Waals surface area contributed by atoms with Crippen LogP contribution in [0.3, 0.4) is 0 Å². The lowest BCUT2D eigenvalue weighted by atomic mass is 10.1. The van der Waals surface area contributed by atoms with Crippen LogP contribution in [-0.4, -0.2) is 32.3 Å². The largest absolute Gasteiger partial charge is 0.334 e. The van der Waals surface area contributed by atoms with Gasteiger partial charge in [0.25, 0.3) is 0 Å². The SMILES string of the molecule is Cc1cncc(C2CCCN2C(=O)Cc2csc(C)n2)n1. The minimum atomic E-state index is 0.0598. The smallest absolute Gasteiger partial charge is 0.229 e. The molecule has 1 aliphatic rings. The van der Waals surface area contributed by atoms with Crippen LogP contribution in [0.25, 0.3) is 0 Å². The molecule has 5 nitrogen and oxygen atoms in total. The van der Waals surface area contributed by atoms with Gasteiger partial charge in [0.15, 0.2) is 0 Å². The van der Waals surface area contributed by atoms with Gasteiger partial charge in [-0.15, -0.1) is 11.3 Å². The van der Waals surface area contributed by atoms with E-state index in [0.29, 0.717) is 6.42 Å². The third-order valence-corrected chi connectivity index (χ3v) is 4.51. The number of thiazole rings is 1. The molecule has 1 atom stereocenters. The average molecular weight is 302 g/mol. The van der Waals surface area contributed by atoms with Gasteiger partial charge >= 0.3 is 0 Å². The Morgan fingerprint density at radius 2 is 2.24 bits per heavy atom. The minimum Gasteiger partial charge on any atom is -0.334 e. The molecule has 6 heteroatoms. The Morgan fingerprint density at radius 1 is 1.38 bits per heavy atom. The fourth-order valence-corrected chi connectivity index (χ4v) is 3.37. The maximum absolute atomic E-state index is 12.5. The maximum atomic E-state index is 12.5. The Balaban J connectivity index is 1.75. The maximum Gasteiger partial charge on any atom is 0.229 e. The summed E-state index contributed by atoms with van der Waals surface area (Å²) in [5, 5.41) is 2.96. The lowest BCUT2D eigenvalue weighted by Gasteiger charge is -2.24. The molecule has 0 aliphatic carbocycles. The van der Waals surface area contributed by atoms with Crippen molar-refractivity contribution in [3.63, 3.8) is 0 Å². The number of amides is 1. The van der Waals surface area contributed by atoms with Crippen molar-refractivity contribution in [2.75, 3.05) is 6.54 Å². The van der Waals surface area contributed by atoms with Gasteiger partial charge in [0.2, 0.25) is 5.91 Å². The summed E-state index contributed by atoms with van der Waals surface area (Å²) in [6.07, 6.45) is 5.86. The molecule has 1 amide bonds. The zero-order valence-electron chi connectivity index (χ0n) is 12.2. The van der Waals surface area contributed by atoms with E-state index in [9.17, 15) is 4.79 Å². The molecule has 1 saturated heterocycles. The summed E-state index contributed by atoms with van der Waals surface area (Å²) >= 11 is 1.58. The molecule has 1 fully saturated rings. The number of nitrogens with zero attached hydrogens (tertiary/aromatic N) is 4. The third kappa shape index (κ3) is 3.10. The van der Waals surface area contributed by atoms with Gasteiger partial charge in [-0.05, 0) is 26.7 Å². The molecule has 0 spiro atoms. The van der Waals surface area contributed by atoms with Gasteiger partial charge in [-0.1, -0.05) is 0 Å². The highest BCUT2D eigenvalue weighted by atomic mass is 32.1. The molecule has 0 aromatic carbocycles. The van der Waals surface area contributed by atoms with Crippen molar-refractivity contribution in [1.82, 2.24) is 19.9 Å². The highest BCUT2D eigenvalue weighted by Crippen LogP contribution is 2.31. The predicted octanol–water partition coefficient (Wildman–Crippen LogP) is 2.46. The number of carbonyl (C=O) groups excluding carboxylic acids is 1. The molecule has 2 aromatic rings. The number of likely N-dealkylation sites (tertiary alicyclic amines) is 1. The molecule has 110 valence electrons. The Labute approximate surface area is 128 Å². The van der Waals surface area contributed by atoms with E-state index in [4.69, 9.17) is 0 Å². The quantitative estimate of drug-likeness (QED) is 0.874. The zero-order valence-corrected chi connectivity index (χ0v) is 13.1. The van der Waals surface area contributed by atoms with Gasteiger partial charge in [0.1, 0.15) is 0 Å². The Kier molecular flexibility index (Phi) is 3.96. The molecule has 21 heavy (non-hydrogen) atoms. The van der Waals surface area contributed by atoms with Crippen molar-refractivity contribution in [3.05, 3.63) is 39.9 Å². The molecule has 0 saturated carbocycles. The average Bonchev–Trinajstić information content (AvgIpc) is 3.07. The van der Waals surface area contributed by atoms with Gasteiger partial charge in [-0.3, -0.25) is 14.8 Å². The van der Waals surface area contributed by atoms with Gasteiger partial charge in [-0.2, -0.15) is 0 Å². The van der Waals surface area contributed by atoms with Crippen molar-refractivity contribution < 1.29 is 4.79 Å². The van der Waals surface area contributed by atoms with Gasteiger partial charge < -0.3 is 4.90 Å². The van der Waals surface area contributed by atoms with E-state index < -0.39 is 0 Å². The lowest BCUT2D eigenvalue weighted by Crippen LogP contribution is -2.32. The van der Waals surface area contributed by atoms with Gasteiger partial charge in [0, 0.05) is 18.1 Å². The number of rotatable bonds is 3. The van der Waals surface area contributed by atoms with E-state index in [2.05, 4.69) is 15.0 Å². The van der Waals surface area contributed by atoms with Crippen LogP contribution >= 0.6 is 11.3 Å². The molecule has 0 N–H and O–H groups in total. The van der Waals surface area contributed by atoms with E-state index in [-0.39, 0.29) is 11.9 Å². The molecule has 0 radical (unpaired) electrons. The predicted molar refractivity (Wildman–Crippen MR) is 81.0 cm³/mol. The fraction of sp³-hybridized carbons (Fsp3) is 0.467. The van der Waals surface area contributed by atoms with Gasteiger partial charge in [0.05, 0.1) is 40.7 Å². The fourth-order valence-electron chi connectivity index (χ4n) is 2.76. The number of hydrogen-bond acceptors (Lipinski definition) is 5. The van der Waals surface area contributed by atoms with E-state index in [1.807, 2.05) is 24.1 Å². The molecule has 2 aromatic heterocycles. The number of carbonyl (C=O) groups is 1. The van der Waals surface area contributed by atoms with Crippen LogP contribution in [0.1, 0.15) is 41.0 Å². The molecule has 1 unspecified atom stereocenters. The van der Waals surface area contributed by atoms with Crippen molar-refractivity contribution in [1.29, 1.82) is 0 Å². The normalized spacial score (nSPS) is 18.2. The van der Waals surface area contributed by atoms with Crippen molar-refractivity contribution >= 4 is 17.2 Å². The van der Waals surface area contributed by atoms with E-state index in [1.165, 1.54) is 0 Å². The van der Waals surface area contributed by atoms with Crippen molar-refractivity contribution in [2.24, 2.45) is 0 Å². The summed E-state index contributed by atoms with van der Waals surface area (Å²) in [6, 6.07) is 0.0598. The second-order valence-electron chi connectivity index (χ2n) is 5.37. The van der Waals surface area contributed by atoms with Crippen LogP contribution in [0.5, 0.6) is 0 Å². The highest BCUT2D eigenvalue weighted by Gasteiger charge is 2.31. The first-order valence-electron chi connectivity index (χ1n) is 7.12. The van der Waals surface area contributed by atoms with Crippen LogP contribution in [0.4, 0.5) is 0 Å². The Morgan fingerprint density at radius 3 is 2.95 bits per heavy atom. The summed E-state index contributed by atoms with van der Waals surface area (Å²) in [5.41, 5.74) is 2.65. The first-order valence-corrected chi connectivity index (χ1v) is 8.00. The summed E-state index contributed by atoms with van der Waals surface area (Å²) in [5.74, 6) is 0.131. The summed E-state index contributed by atoms with van der Waals surface area (Å²) in [6.45, 7) is 4.68. The highest BCUT2D eigenvalue weighted by molar-refractivity contribution is 7.09. The first kappa shape index (κ1) is 14.1. The number of aromatic nitrogens is 3. The van der Waals surface area contributed by atoms with Crippen LogP contribution in [-0.2, 0) is 11.2 Å². The van der Waals surface area contributed by atoms with E-state index >= 15 is 0 Å². The van der Waals surface area contributed by atoms with Gasteiger partial charge in [-0.25, -0.2) is 4.98 Å². The molecule has 0 bridgehead atoms. The molecule has 1 aliphatic heterocycles. The summed E-state index contributed by atoms with van der Waals surface area (Å²) < 4.78 is 0. The Hall–Kier alpha value is -1.82. The summed E-state index contributed by atoms with van der Waals surface area (Å²) in [7, 11) is 0. The molecule has 3 rings (SSSR count). The number of hydrogen-bond donors (Lipinski definition) is 0. The summed E-state index contributed by atoms with van der Waals surface area (Å²) in [4.78, 5) is 27.6. The second kappa shape index (κ2) is 5.89. The van der Waals surface area contributed by atoms with E-state index in [0.717, 1.165) is 41.5 Å². The van der Waals surface area contributed by atoms with Crippen LogP contribution in [0.2, 0.25) is 0 Å². The first-order chi connectivity index (χ1) is 10.1. The molecular formula is C15H18N4OS. The monoisotopic (exact) mass is 302 g/mol. The van der Waals surface area contributed by atoms with Crippen molar-refractivity contribution in [3.8, 4) is 0 Å².